The number of ether oxygens (including phenoxy) is 1. The van der Waals surface area contributed by atoms with Gasteiger partial charge in [-0.1, -0.05) is 29.4 Å². The van der Waals surface area contributed by atoms with Crippen molar-refractivity contribution in [3.63, 3.8) is 0 Å². The molecule has 9 N–H and O–H groups in total. The number of nitrogens with zero attached hydrogens (tertiary/aromatic N) is 3. The Kier molecular flexibility index (Phi) is 10.3. The van der Waals surface area contributed by atoms with Gasteiger partial charge in [0.1, 0.15) is 22.8 Å². The van der Waals surface area contributed by atoms with Gasteiger partial charge in [0.2, 0.25) is 6.29 Å². The second kappa shape index (κ2) is 14.9. The molecule has 2 aromatic carbocycles. The maximum atomic E-state index is 13.9. The van der Waals surface area contributed by atoms with Crippen molar-refractivity contribution in [2.24, 2.45) is 5.16 Å². The summed E-state index contributed by atoms with van der Waals surface area (Å²) in [7, 11) is 1.36. The lowest BCUT2D eigenvalue weighted by Gasteiger charge is -2.50. The Morgan fingerprint density at radius 3 is 2.58 bits per heavy atom. The van der Waals surface area contributed by atoms with Gasteiger partial charge in [-0.25, -0.2) is 9.78 Å². The molecular weight excluding hydrogens is 735 g/mol. The van der Waals surface area contributed by atoms with Gasteiger partial charge in [0, 0.05) is 36.1 Å². The standard InChI is InChI=1S/C33H31N7O11S2/c1-13(50-2)51-39-23(19-12-53-33(34)37-19)28(45)38-24-30(47)40-25(32(48)49)16(11-52-31(24)40)18(9-14-7-8-20(41)21(42)10-14)36-27(44)22-15-5-3-4-6-17(15)35-29(46)26(22)43/h3-8,10,12-13,18,24,31,41-43H,9,11H2,1-2H3,(H2,34,37)(H,35,46)(H,36,44)(H,38,45)(H,48,49)/b39-23-/t13?,18?,24?,31-/m0/s1. The number of thioether (sulfide) groups is 1. The van der Waals surface area contributed by atoms with E-state index in [0.29, 0.717) is 5.56 Å². The number of hydrogen-bond acceptors (Lipinski definition) is 15. The van der Waals surface area contributed by atoms with Crippen LogP contribution >= 0.6 is 23.1 Å². The van der Waals surface area contributed by atoms with Crippen molar-refractivity contribution >= 4 is 68.5 Å². The Hall–Kier alpha value is -6.12. The predicted molar refractivity (Wildman–Crippen MR) is 191 cm³/mol. The Bertz CT molecular complexity index is 2270. The highest BCUT2D eigenvalue weighted by atomic mass is 32.2. The van der Waals surface area contributed by atoms with Crippen LogP contribution in [0.25, 0.3) is 10.9 Å². The van der Waals surface area contributed by atoms with Crippen LogP contribution in [0.5, 0.6) is 17.2 Å². The summed E-state index contributed by atoms with van der Waals surface area (Å²) in [5.41, 5.74) is 4.44. The number of pyridine rings is 1. The molecule has 2 aromatic heterocycles. The van der Waals surface area contributed by atoms with E-state index in [9.17, 15) is 44.4 Å². The minimum atomic E-state index is -1.51. The summed E-state index contributed by atoms with van der Waals surface area (Å²) in [5.74, 6) is -5.90. The molecule has 0 spiro atoms. The number of carboxylic acids is 1. The molecule has 2 aliphatic heterocycles. The Balaban J connectivity index is 1.34. The van der Waals surface area contributed by atoms with Crippen molar-refractivity contribution < 1.29 is 49.2 Å². The number of para-hydroxylation sites is 1. The SMILES string of the molecule is COC(C)O/N=C(\C(=O)NC1C(=O)N2C(C(=O)O)=C(C(Cc3ccc(O)c(O)c3)NC(=O)c3c(O)c(=O)[nH]c4ccccc34)CS[C@@H]12)c1csc(N)n1. The molecule has 1 fully saturated rings. The minimum Gasteiger partial charge on any atom is -0.504 e. The highest BCUT2D eigenvalue weighted by molar-refractivity contribution is 8.00. The summed E-state index contributed by atoms with van der Waals surface area (Å²) in [6.45, 7) is 1.53. The van der Waals surface area contributed by atoms with Crippen LogP contribution < -0.4 is 21.9 Å². The molecule has 1 saturated heterocycles. The van der Waals surface area contributed by atoms with Gasteiger partial charge >= 0.3 is 5.97 Å². The van der Waals surface area contributed by atoms with Crippen molar-refractivity contribution in [1.82, 2.24) is 25.5 Å². The predicted octanol–water partition coefficient (Wildman–Crippen LogP) is 1.18. The number of aromatic amines is 1. The first-order chi connectivity index (χ1) is 25.3. The molecule has 0 saturated carbocycles. The quantitative estimate of drug-likeness (QED) is 0.0331. The molecule has 4 heterocycles. The number of nitrogens with one attached hydrogen (secondary N) is 3. The van der Waals surface area contributed by atoms with Gasteiger partial charge in [-0.15, -0.1) is 23.1 Å². The number of phenols is 2. The molecule has 18 nitrogen and oxygen atoms in total. The van der Waals surface area contributed by atoms with Crippen LogP contribution in [-0.4, -0.2) is 101 Å². The molecule has 0 radical (unpaired) electrons. The van der Waals surface area contributed by atoms with Crippen LogP contribution in [-0.2, 0) is 30.4 Å². The largest absolute Gasteiger partial charge is 0.504 e. The van der Waals surface area contributed by atoms with E-state index in [2.05, 4.69) is 25.8 Å². The lowest BCUT2D eigenvalue weighted by molar-refractivity contribution is -0.150. The van der Waals surface area contributed by atoms with Crippen LogP contribution in [0.3, 0.4) is 0 Å². The molecule has 53 heavy (non-hydrogen) atoms. The van der Waals surface area contributed by atoms with E-state index >= 15 is 0 Å². The number of methoxy groups -OCH3 is 1. The van der Waals surface area contributed by atoms with Crippen molar-refractivity contribution in [3.05, 3.63) is 86.3 Å². The van der Waals surface area contributed by atoms with Crippen LogP contribution in [0.4, 0.5) is 5.13 Å². The summed E-state index contributed by atoms with van der Waals surface area (Å²) in [4.78, 5) is 79.2. The number of carbonyl (C=O) groups is 4. The maximum Gasteiger partial charge on any atom is 0.352 e. The molecule has 4 atom stereocenters. The Morgan fingerprint density at radius 1 is 1.15 bits per heavy atom. The number of rotatable bonds is 12. The lowest BCUT2D eigenvalue weighted by Crippen LogP contribution is -2.71. The van der Waals surface area contributed by atoms with Crippen molar-refractivity contribution in [2.75, 3.05) is 18.6 Å². The number of oxime groups is 1. The number of fused-ring (bicyclic) bond motifs is 2. The van der Waals surface area contributed by atoms with Gasteiger partial charge in [-0.2, -0.15) is 0 Å². The van der Waals surface area contributed by atoms with E-state index in [0.717, 1.165) is 28.0 Å². The number of carbonyl (C=O) groups excluding carboxylic acids is 3. The van der Waals surface area contributed by atoms with Gasteiger partial charge in [-0.3, -0.25) is 24.1 Å². The molecule has 3 unspecified atom stereocenters. The van der Waals surface area contributed by atoms with Crippen LogP contribution in [0, 0.1) is 0 Å². The maximum absolute atomic E-state index is 13.9. The molecule has 0 bridgehead atoms. The third-order valence-electron chi connectivity index (χ3n) is 8.42. The second-order valence-corrected chi connectivity index (χ2v) is 13.7. The number of β-lactam (4-membered cyclic amide) rings is 1. The topological polar surface area (TPSA) is 279 Å². The number of thiazole rings is 1. The number of H-pyrrole nitrogens is 1. The third-order valence-corrected chi connectivity index (χ3v) is 10.4. The smallest absolute Gasteiger partial charge is 0.352 e. The van der Waals surface area contributed by atoms with E-state index in [-0.39, 0.29) is 50.8 Å². The Labute approximate surface area is 306 Å². The van der Waals surface area contributed by atoms with Gasteiger partial charge < -0.3 is 51.4 Å². The summed E-state index contributed by atoms with van der Waals surface area (Å²) >= 11 is 2.15. The number of nitrogens with two attached hydrogens (primary N) is 1. The monoisotopic (exact) mass is 765 g/mol. The third kappa shape index (κ3) is 7.19. The van der Waals surface area contributed by atoms with E-state index in [1.54, 1.807) is 12.1 Å². The fourth-order valence-electron chi connectivity index (χ4n) is 5.78. The number of aromatic hydroxyl groups is 3. The number of nitrogen functional groups attached to an aromatic ring is 1. The van der Waals surface area contributed by atoms with E-state index < -0.39 is 75.9 Å². The summed E-state index contributed by atoms with van der Waals surface area (Å²) in [6.07, 6.45) is -0.994. The number of amides is 3. The fourth-order valence-corrected chi connectivity index (χ4v) is 7.75. The van der Waals surface area contributed by atoms with Crippen molar-refractivity contribution in [1.29, 1.82) is 0 Å². The Morgan fingerprint density at radius 2 is 1.91 bits per heavy atom. The van der Waals surface area contributed by atoms with Gasteiger partial charge in [0.05, 0.1) is 11.6 Å². The number of anilines is 1. The first-order valence-electron chi connectivity index (χ1n) is 15.6. The highest BCUT2D eigenvalue weighted by Crippen LogP contribution is 2.42. The van der Waals surface area contributed by atoms with Crippen LogP contribution in [0.2, 0.25) is 0 Å². The zero-order valence-corrected chi connectivity index (χ0v) is 29.4. The zero-order chi connectivity index (χ0) is 38.1. The van der Waals surface area contributed by atoms with Crippen LogP contribution in [0.1, 0.15) is 28.5 Å². The molecule has 0 aliphatic carbocycles. The zero-order valence-electron chi connectivity index (χ0n) is 27.7. The molecule has 20 heteroatoms. The number of aliphatic carboxylic acids is 1. The number of benzene rings is 2. The average Bonchev–Trinajstić information content (AvgIpc) is 3.56. The molecular formula is C33H31N7O11S2. The molecule has 2 aliphatic rings. The van der Waals surface area contributed by atoms with Gasteiger partial charge in [0.25, 0.3) is 23.3 Å². The summed E-state index contributed by atoms with van der Waals surface area (Å²) < 4.78 is 5.01. The van der Waals surface area contributed by atoms with Crippen molar-refractivity contribution in [3.8, 4) is 17.2 Å². The van der Waals surface area contributed by atoms with E-state index in [1.807, 2.05) is 0 Å². The van der Waals surface area contributed by atoms with Crippen molar-refractivity contribution in [2.45, 2.75) is 37.1 Å². The number of aromatic nitrogens is 2. The van der Waals surface area contributed by atoms with E-state index in [1.165, 1.54) is 49.7 Å². The van der Waals surface area contributed by atoms with Gasteiger partial charge in [0.15, 0.2) is 28.1 Å². The molecule has 4 aromatic rings. The van der Waals surface area contributed by atoms with Gasteiger partial charge in [-0.05, 0) is 35.8 Å². The minimum absolute atomic E-state index is 0.0692. The lowest BCUT2D eigenvalue weighted by atomic mass is 9.94. The second-order valence-electron chi connectivity index (χ2n) is 11.7. The fraction of sp³-hybridized carbons (Fsp3) is 0.242. The van der Waals surface area contributed by atoms with E-state index in [4.69, 9.17) is 15.3 Å². The molecule has 276 valence electrons. The number of hydrogen-bond donors (Lipinski definition) is 8. The average molecular weight is 766 g/mol. The number of phenolic OH excluding ortho intramolecular Hbond substituents is 2. The first-order valence-corrected chi connectivity index (χ1v) is 17.6. The normalized spacial score (nSPS) is 18.2. The van der Waals surface area contributed by atoms with Crippen LogP contribution in [0.15, 0.2) is 69.1 Å². The summed E-state index contributed by atoms with van der Waals surface area (Å²) in [6, 6.07) is 7.73. The number of carboxylic acid groups (broad SMARTS) is 1. The highest BCUT2D eigenvalue weighted by Gasteiger charge is 2.55. The molecule has 3 amide bonds. The first kappa shape index (κ1) is 36.7. The summed E-state index contributed by atoms with van der Waals surface area (Å²) in [5, 5.41) is 51.3. The molecule has 6 rings (SSSR count).